The second-order valence-corrected chi connectivity index (χ2v) is 5.17. The van der Waals surface area contributed by atoms with Gasteiger partial charge in [0.15, 0.2) is 11.6 Å². The maximum Gasteiger partial charge on any atom is 0.159 e. The van der Waals surface area contributed by atoms with Crippen LogP contribution in [0.15, 0.2) is 18.2 Å². The van der Waals surface area contributed by atoms with E-state index < -0.39 is 11.6 Å². The van der Waals surface area contributed by atoms with E-state index in [-0.39, 0.29) is 6.04 Å². The quantitative estimate of drug-likeness (QED) is 0.892. The van der Waals surface area contributed by atoms with Gasteiger partial charge in [0.25, 0.3) is 0 Å². The Morgan fingerprint density at radius 1 is 1.17 bits per heavy atom. The predicted octanol–water partition coefficient (Wildman–Crippen LogP) is 2.57. The lowest BCUT2D eigenvalue weighted by Crippen LogP contribution is -2.36. The minimum Gasteiger partial charge on any atom is -0.317 e. The number of piperidine rings is 1. The third-order valence-electron chi connectivity index (χ3n) is 3.67. The van der Waals surface area contributed by atoms with Crippen molar-refractivity contribution < 1.29 is 8.78 Å². The molecule has 1 aromatic rings. The summed E-state index contributed by atoms with van der Waals surface area (Å²) in [6.45, 7) is 2.00. The summed E-state index contributed by atoms with van der Waals surface area (Å²) in [5.74, 6) is -1.04. The Bertz CT molecular complexity index is 401. The molecule has 1 N–H and O–H groups in total. The zero-order valence-electron chi connectivity index (χ0n) is 10.9. The van der Waals surface area contributed by atoms with E-state index in [2.05, 4.69) is 10.2 Å². The Labute approximate surface area is 107 Å². The first-order valence-electron chi connectivity index (χ1n) is 6.41. The molecule has 0 aliphatic carbocycles. The van der Waals surface area contributed by atoms with Crippen molar-refractivity contribution in [2.45, 2.75) is 18.9 Å². The van der Waals surface area contributed by atoms with E-state index >= 15 is 0 Å². The molecular weight excluding hydrogens is 234 g/mol. The molecule has 0 bridgehead atoms. The Kier molecular flexibility index (Phi) is 4.30. The second kappa shape index (κ2) is 5.76. The van der Waals surface area contributed by atoms with Gasteiger partial charge in [-0.1, -0.05) is 6.07 Å². The first-order chi connectivity index (χ1) is 8.59. The highest BCUT2D eigenvalue weighted by Gasteiger charge is 2.27. The van der Waals surface area contributed by atoms with Gasteiger partial charge in [0, 0.05) is 6.04 Å². The van der Waals surface area contributed by atoms with Crippen LogP contribution >= 0.6 is 0 Å². The number of nitrogens with zero attached hydrogens (tertiary/aromatic N) is 1. The van der Waals surface area contributed by atoms with Crippen LogP contribution < -0.4 is 5.32 Å². The number of hydrogen-bond acceptors (Lipinski definition) is 2. The Hall–Kier alpha value is -1.00. The summed E-state index contributed by atoms with van der Waals surface area (Å²) < 4.78 is 26.4. The van der Waals surface area contributed by atoms with Crippen molar-refractivity contribution in [3.63, 3.8) is 0 Å². The monoisotopic (exact) mass is 254 g/mol. The van der Waals surface area contributed by atoms with Crippen molar-refractivity contribution in [2.75, 3.05) is 27.2 Å². The molecule has 4 heteroatoms. The minimum atomic E-state index is -0.776. The van der Waals surface area contributed by atoms with E-state index in [1.807, 2.05) is 14.1 Å². The minimum absolute atomic E-state index is 0.155. The molecule has 2 rings (SSSR count). The predicted molar refractivity (Wildman–Crippen MR) is 68.4 cm³/mol. The number of rotatable bonds is 3. The number of nitrogens with one attached hydrogen (secondary N) is 1. The highest BCUT2D eigenvalue weighted by molar-refractivity contribution is 5.22. The van der Waals surface area contributed by atoms with Crippen LogP contribution in [-0.2, 0) is 0 Å². The van der Waals surface area contributed by atoms with Crippen molar-refractivity contribution in [1.82, 2.24) is 10.2 Å². The van der Waals surface area contributed by atoms with E-state index in [0.717, 1.165) is 31.5 Å². The third-order valence-corrected chi connectivity index (χ3v) is 3.67. The highest BCUT2D eigenvalue weighted by Crippen LogP contribution is 2.33. The summed E-state index contributed by atoms with van der Waals surface area (Å²) in [4.78, 5) is 2.10. The van der Waals surface area contributed by atoms with Gasteiger partial charge < -0.3 is 10.2 Å². The summed E-state index contributed by atoms with van der Waals surface area (Å²) in [6.07, 6.45) is 2.14. The fourth-order valence-corrected chi connectivity index (χ4v) is 2.85. The van der Waals surface area contributed by atoms with Crippen LogP contribution in [0.5, 0.6) is 0 Å². The molecule has 0 aromatic heterocycles. The Morgan fingerprint density at radius 3 is 2.39 bits per heavy atom. The standard InChI is InChI=1S/C14H20F2N2/c1-18(2)14(10-5-7-17-8-6-10)11-3-4-12(15)13(16)9-11/h3-4,9-10,14,17H,5-8H2,1-2H3. The molecule has 1 atom stereocenters. The van der Waals surface area contributed by atoms with E-state index in [9.17, 15) is 8.78 Å². The van der Waals surface area contributed by atoms with Gasteiger partial charge in [0.05, 0.1) is 0 Å². The maximum atomic E-state index is 13.4. The van der Waals surface area contributed by atoms with Crippen LogP contribution in [0.4, 0.5) is 8.78 Å². The Balaban J connectivity index is 2.25. The average molecular weight is 254 g/mol. The van der Waals surface area contributed by atoms with Gasteiger partial charge in [-0.3, -0.25) is 0 Å². The highest BCUT2D eigenvalue weighted by atomic mass is 19.2. The first kappa shape index (κ1) is 13.4. The summed E-state index contributed by atoms with van der Waals surface area (Å²) >= 11 is 0. The number of halogens is 2. The van der Waals surface area contributed by atoms with Crippen LogP contribution in [-0.4, -0.2) is 32.1 Å². The molecule has 1 fully saturated rings. The third kappa shape index (κ3) is 2.87. The SMILES string of the molecule is CN(C)C(c1ccc(F)c(F)c1)C1CCNCC1. The van der Waals surface area contributed by atoms with Crippen molar-refractivity contribution in [3.8, 4) is 0 Å². The molecule has 2 nitrogen and oxygen atoms in total. The van der Waals surface area contributed by atoms with Gasteiger partial charge in [-0.15, -0.1) is 0 Å². The van der Waals surface area contributed by atoms with Gasteiger partial charge in [-0.2, -0.15) is 0 Å². The fourth-order valence-electron chi connectivity index (χ4n) is 2.85. The molecule has 0 spiro atoms. The molecule has 1 aromatic carbocycles. The lowest BCUT2D eigenvalue weighted by Gasteiger charge is -2.35. The lowest BCUT2D eigenvalue weighted by atomic mass is 9.85. The van der Waals surface area contributed by atoms with Crippen LogP contribution in [0, 0.1) is 17.6 Å². The van der Waals surface area contributed by atoms with E-state index in [1.165, 1.54) is 12.1 Å². The summed E-state index contributed by atoms with van der Waals surface area (Å²) in [7, 11) is 3.99. The molecule has 1 heterocycles. The van der Waals surface area contributed by atoms with Gasteiger partial charge in [-0.25, -0.2) is 8.78 Å². The van der Waals surface area contributed by atoms with E-state index in [4.69, 9.17) is 0 Å². The molecule has 1 saturated heterocycles. The van der Waals surface area contributed by atoms with Crippen LogP contribution in [0.2, 0.25) is 0 Å². The second-order valence-electron chi connectivity index (χ2n) is 5.17. The summed E-state index contributed by atoms with van der Waals surface area (Å²) in [5, 5.41) is 3.33. The maximum absolute atomic E-state index is 13.4. The summed E-state index contributed by atoms with van der Waals surface area (Å²) in [5.41, 5.74) is 0.866. The average Bonchev–Trinajstić information content (AvgIpc) is 2.35. The zero-order chi connectivity index (χ0) is 13.1. The molecule has 18 heavy (non-hydrogen) atoms. The molecule has 1 aliphatic heterocycles. The van der Waals surface area contributed by atoms with E-state index in [0.29, 0.717) is 5.92 Å². The zero-order valence-corrected chi connectivity index (χ0v) is 10.9. The smallest absolute Gasteiger partial charge is 0.159 e. The molecule has 0 radical (unpaired) electrons. The Morgan fingerprint density at radius 2 is 1.83 bits per heavy atom. The molecule has 0 amide bonds. The fraction of sp³-hybridized carbons (Fsp3) is 0.571. The van der Waals surface area contributed by atoms with Gasteiger partial charge >= 0.3 is 0 Å². The molecule has 0 saturated carbocycles. The molecule has 1 unspecified atom stereocenters. The van der Waals surface area contributed by atoms with Gasteiger partial charge in [0.1, 0.15) is 0 Å². The molecule has 1 aliphatic rings. The van der Waals surface area contributed by atoms with Crippen molar-refractivity contribution in [3.05, 3.63) is 35.4 Å². The summed E-state index contributed by atoms with van der Waals surface area (Å²) in [6, 6.07) is 4.41. The lowest BCUT2D eigenvalue weighted by molar-refractivity contribution is 0.177. The van der Waals surface area contributed by atoms with Crippen LogP contribution in [0.25, 0.3) is 0 Å². The largest absolute Gasteiger partial charge is 0.317 e. The van der Waals surface area contributed by atoms with Crippen molar-refractivity contribution >= 4 is 0 Å². The van der Waals surface area contributed by atoms with Gasteiger partial charge in [-0.05, 0) is 63.6 Å². The van der Waals surface area contributed by atoms with Crippen LogP contribution in [0.3, 0.4) is 0 Å². The van der Waals surface area contributed by atoms with E-state index in [1.54, 1.807) is 6.07 Å². The van der Waals surface area contributed by atoms with Gasteiger partial charge in [0.2, 0.25) is 0 Å². The molecule has 100 valence electrons. The van der Waals surface area contributed by atoms with Crippen molar-refractivity contribution in [2.24, 2.45) is 5.92 Å². The number of benzene rings is 1. The number of hydrogen-bond donors (Lipinski definition) is 1. The first-order valence-corrected chi connectivity index (χ1v) is 6.41. The van der Waals surface area contributed by atoms with Crippen molar-refractivity contribution in [1.29, 1.82) is 0 Å². The van der Waals surface area contributed by atoms with Crippen LogP contribution in [0.1, 0.15) is 24.4 Å². The topological polar surface area (TPSA) is 15.3 Å². The normalized spacial score (nSPS) is 19.2. The molecular formula is C14H20F2N2.